The lowest BCUT2D eigenvalue weighted by molar-refractivity contribution is -0.117. The van der Waals surface area contributed by atoms with Crippen molar-refractivity contribution in [3.8, 4) is 0 Å². The molecule has 3 amide bonds. The topological polar surface area (TPSA) is 109 Å². The highest BCUT2D eigenvalue weighted by molar-refractivity contribution is 6.05. The molecule has 1 aliphatic heterocycles. The molecule has 0 saturated carbocycles. The van der Waals surface area contributed by atoms with Crippen molar-refractivity contribution in [2.24, 2.45) is 0 Å². The Kier molecular flexibility index (Phi) is 7.14. The quantitative estimate of drug-likeness (QED) is 0.385. The first-order valence-corrected chi connectivity index (χ1v) is 10.7. The SMILES string of the molecule is O=C(NCCC1Nc2cc(C(=O)NOCc3ccccc3)ccc2NC1=O)c1ccc(F)cc1. The second-order valence-electron chi connectivity index (χ2n) is 7.70. The van der Waals surface area contributed by atoms with Crippen molar-refractivity contribution < 1.29 is 23.6 Å². The number of hydroxylamine groups is 1. The molecule has 3 aromatic rings. The highest BCUT2D eigenvalue weighted by atomic mass is 19.1. The average Bonchev–Trinajstić information content (AvgIpc) is 2.85. The minimum Gasteiger partial charge on any atom is -0.372 e. The van der Waals surface area contributed by atoms with Crippen molar-refractivity contribution in [2.45, 2.75) is 19.1 Å². The van der Waals surface area contributed by atoms with E-state index in [1.165, 1.54) is 24.3 Å². The van der Waals surface area contributed by atoms with Gasteiger partial charge in [0.25, 0.3) is 11.8 Å². The van der Waals surface area contributed by atoms with E-state index in [1.54, 1.807) is 18.2 Å². The smallest absolute Gasteiger partial charge is 0.274 e. The van der Waals surface area contributed by atoms with Gasteiger partial charge in [-0.3, -0.25) is 19.2 Å². The molecule has 3 aromatic carbocycles. The van der Waals surface area contributed by atoms with Gasteiger partial charge in [0.2, 0.25) is 5.91 Å². The summed E-state index contributed by atoms with van der Waals surface area (Å²) in [5.74, 6) is -1.44. The number of halogens is 1. The Balaban J connectivity index is 1.30. The average molecular weight is 462 g/mol. The van der Waals surface area contributed by atoms with E-state index in [0.717, 1.165) is 5.56 Å². The fraction of sp³-hybridized carbons (Fsp3) is 0.160. The van der Waals surface area contributed by atoms with Gasteiger partial charge in [0.05, 0.1) is 18.0 Å². The number of carbonyl (C=O) groups is 3. The molecule has 1 atom stereocenters. The molecular formula is C25H23FN4O4. The Bertz CT molecular complexity index is 1190. The molecule has 0 aromatic heterocycles. The van der Waals surface area contributed by atoms with Crippen LogP contribution in [-0.2, 0) is 16.2 Å². The maximum atomic E-state index is 13.0. The minimum absolute atomic E-state index is 0.226. The summed E-state index contributed by atoms with van der Waals surface area (Å²) < 4.78 is 13.0. The predicted molar refractivity (Wildman–Crippen MR) is 125 cm³/mol. The second kappa shape index (κ2) is 10.6. The van der Waals surface area contributed by atoms with Crippen LogP contribution < -0.4 is 21.4 Å². The van der Waals surface area contributed by atoms with Gasteiger partial charge < -0.3 is 16.0 Å². The van der Waals surface area contributed by atoms with E-state index in [9.17, 15) is 18.8 Å². The molecule has 0 radical (unpaired) electrons. The van der Waals surface area contributed by atoms with Crippen LogP contribution in [0.3, 0.4) is 0 Å². The van der Waals surface area contributed by atoms with Gasteiger partial charge in [-0.25, -0.2) is 9.87 Å². The number of nitrogens with one attached hydrogen (secondary N) is 4. The molecule has 0 aliphatic carbocycles. The third-order valence-corrected chi connectivity index (χ3v) is 5.26. The Morgan fingerprint density at radius 2 is 1.65 bits per heavy atom. The molecule has 0 bridgehead atoms. The third kappa shape index (κ3) is 5.76. The highest BCUT2D eigenvalue weighted by Crippen LogP contribution is 2.28. The summed E-state index contributed by atoms with van der Waals surface area (Å²) in [6.45, 7) is 0.460. The molecule has 0 saturated heterocycles. The zero-order valence-electron chi connectivity index (χ0n) is 18.1. The maximum absolute atomic E-state index is 13.0. The van der Waals surface area contributed by atoms with E-state index in [-0.39, 0.29) is 25.0 Å². The summed E-state index contributed by atoms with van der Waals surface area (Å²) in [7, 11) is 0. The van der Waals surface area contributed by atoms with Gasteiger partial charge >= 0.3 is 0 Å². The molecule has 34 heavy (non-hydrogen) atoms. The lowest BCUT2D eigenvalue weighted by Crippen LogP contribution is -2.41. The monoisotopic (exact) mass is 462 g/mol. The summed E-state index contributed by atoms with van der Waals surface area (Å²) >= 11 is 0. The van der Waals surface area contributed by atoms with Crippen LogP contribution in [0.2, 0.25) is 0 Å². The van der Waals surface area contributed by atoms with Crippen molar-refractivity contribution in [1.82, 2.24) is 10.8 Å². The fourth-order valence-corrected chi connectivity index (χ4v) is 3.44. The number of fused-ring (bicyclic) bond motifs is 1. The Hall–Kier alpha value is -4.24. The zero-order chi connectivity index (χ0) is 23.9. The van der Waals surface area contributed by atoms with Crippen LogP contribution in [0, 0.1) is 5.82 Å². The Morgan fingerprint density at radius 3 is 2.41 bits per heavy atom. The van der Waals surface area contributed by atoms with Crippen LogP contribution in [0.15, 0.2) is 72.8 Å². The lowest BCUT2D eigenvalue weighted by atomic mass is 10.1. The van der Waals surface area contributed by atoms with Gasteiger partial charge in [-0.15, -0.1) is 0 Å². The maximum Gasteiger partial charge on any atom is 0.274 e. The number of carbonyl (C=O) groups excluding carboxylic acids is 3. The first kappa shape index (κ1) is 22.9. The molecule has 4 N–H and O–H groups in total. The number of benzene rings is 3. The zero-order valence-corrected chi connectivity index (χ0v) is 18.1. The van der Waals surface area contributed by atoms with Crippen LogP contribution in [0.25, 0.3) is 0 Å². The van der Waals surface area contributed by atoms with Crippen molar-refractivity contribution in [3.05, 3.63) is 95.3 Å². The van der Waals surface area contributed by atoms with Gasteiger partial charge in [0, 0.05) is 17.7 Å². The Labute approximate surface area is 195 Å². The second-order valence-corrected chi connectivity index (χ2v) is 7.70. The minimum atomic E-state index is -0.603. The number of hydrogen-bond acceptors (Lipinski definition) is 5. The standard InChI is InChI=1S/C25H23FN4O4/c26-19-9-6-17(7-10-19)23(31)27-13-12-21-25(33)29-20-11-8-18(14-22(20)28-21)24(32)30-34-15-16-4-2-1-3-5-16/h1-11,14,21,28H,12-13,15H2,(H,27,31)(H,29,33)(H,30,32). The van der Waals surface area contributed by atoms with Crippen LogP contribution >= 0.6 is 0 Å². The fourth-order valence-electron chi connectivity index (χ4n) is 3.44. The van der Waals surface area contributed by atoms with Crippen molar-refractivity contribution in [3.63, 3.8) is 0 Å². The van der Waals surface area contributed by atoms with Crippen molar-refractivity contribution in [1.29, 1.82) is 0 Å². The molecule has 8 nitrogen and oxygen atoms in total. The van der Waals surface area contributed by atoms with Crippen LogP contribution in [-0.4, -0.2) is 30.3 Å². The number of hydrogen-bond donors (Lipinski definition) is 4. The molecular weight excluding hydrogens is 439 g/mol. The molecule has 0 fully saturated rings. The molecule has 4 rings (SSSR count). The first-order chi connectivity index (χ1) is 16.5. The molecule has 0 spiro atoms. The van der Waals surface area contributed by atoms with Crippen LogP contribution in [0.1, 0.15) is 32.7 Å². The molecule has 1 unspecified atom stereocenters. The van der Waals surface area contributed by atoms with E-state index in [2.05, 4.69) is 21.4 Å². The summed E-state index contributed by atoms with van der Waals surface area (Å²) in [4.78, 5) is 42.3. The van der Waals surface area contributed by atoms with E-state index >= 15 is 0 Å². The van der Waals surface area contributed by atoms with Gasteiger partial charge in [0.15, 0.2) is 0 Å². The van der Waals surface area contributed by atoms with Gasteiger partial charge in [0.1, 0.15) is 11.9 Å². The van der Waals surface area contributed by atoms with Crippen LogP contribution in [0.5, 0.6) is 0 Å². The van der Waals surface area contributed by atoms with Gasteiger partial charge in [-0.2, -0.15) is 0 Å². The van der Waals surface area contributed by atoms with Crippen molar-refractivity contribution in [2.75, 3.05) is 17.2 Å². The van der Waals surface area contributed by atoms with Gasteiger partial charge in [-0.1, -0.05) is 30.3 Å². The summed E-state index contributed by atoms with van der Waals surface area (Å²) in [6.07, 6.45) is 0.314. The van der Waals surface area contributed by atoms with E-state index in [0.29, 0.717) is 28.9 Å². The highest BCUT2D eigenvalue weighted by Gasteiger charge is 2.26. The summed E-state index contributed by atoms with van der Waals surface area (Å²) in [6, 6.07) is 18.9. The van der Waals surface area contributed by atoms with Gasteiger partial charge in [-0.05, 0) is 54.4 Å². The lowest BCUT2D eigenvalue weighted by Gasteiger charge is -2.27. The largest absolute Gasteiger partial charge is 0.372 e. The molecule has 174 valence electrons. The normalized spacial score (nSPS) is 14.4. The number of amides is 3. The summed E-state index contributed by atoms with van der Waals surface area (Å²) in [5, 5.41) is 8.62. The third-order valence-electron chi connectivity index (χ3n) is 5.26. The molecule has 9 heteroatoms. The predicted octanol–water partition coefficient (Wildman–Crippen LogP) is 3.24. The molecule has 1 heterocycles. The Morgan fingerprint density at radius 1 is 0.912 bits per heavy atom. The number of rotatable bonds is 8. The van der Waals surface area contributed by atoms with Crippen molar-refractivity contribution >= 4 is 29.1 Å². The van der Waals surface area contributed by atoms with E-state index < -0.39 is 17.8 Å². The summed E-state index contributed by atoms with van der Waals surface area (Å²) in [5.41, 5.74) is 5.17. The molecule has 1 aliphatic rings. The van der Waals surface area contributed by atoms with E-state index in [4.69, 9.17) is 4.84 Å². The first-order valence-electron chi connectivity index (χ1n) is 10.7. The number of anilines is 2. The van der Waals surface area contributed by atoms with E-state index in [1.807, 2.05) is 30.3 Å². The van der Waals surface area contributed by atoms with Crippen LogP contribution in [0.4, 0.5) is 15.8 Å².